The molecule has 5 rings (SSSR count). The Morgan fingerprint density at radius 3 is 2.79 bits per heavy atom. The van der Waals surface area contributed by atoms with Crippen molar-refractivity contribution < 1.29 is 14.3 Å². The Kier molecular flexibility index (Phi) is 4.85. The van der Waals surface area contributed by atoms with Crippen LogP contribution in [0.1, 0.15) is 52.4 Å². The summed E-state index contributed by atoms with van der Waals surface area (Å²) in [6.45, 7) is 6.08. The summed E-state index contributed by atoms with van der Waals surface area (Å²) in [5.74, 6) is 0.426. The lowest BCUT2D eigenvalue weighted by Gasteiger charge is -2.51. The van der Waals surface area contributed by atoms with Crippen molar-refractivity contribution in [3.8, 4) is 0 Å². The van der Waals surface area contributed by atoms with Gasteiger partial charge in [-0.1, -0.05) is 0 Å². The van der Waals surface area contributed by atoms with Gasteiger partial charge < -0.3 is 15.0 Å². The van der Waals surface area contributed by atoms with E-state index in [0.717, 1.165) is 45.2 Å². The molecule has 0 saturated carbocycles. The summed E-state index contributed by atoms with van der Waals surface area (Å²) in [6.07, 6.45) is 5.39. The molecule has 5 aliphatic rings. The van der Waals surface area contributed by atoms with E-state index in [9.17, 15) is 9.59 Å². The average molecular weight is 392 g/mol. The van der Waals surface area contributed by atoms with Crippen molar-refractivity contribution in [1.82, 2.24) is 25.8 Å². The molecule has 0 aromatic heterocycles. The number of hydrogen-bond acceptors (Lipinski definition) is 6. The first-order valence-corrected chi connectivity index (χ1v) is 11.0. The van der Waals surface area contributed by atoms with Crippen LogP contribution in [0, 0.1) is 5.92 Å². The fourth-order valence-electron chi connectivity index (χ4n) is 6.05. The number of ketones is 1. The quantitative estimate of drug-likeness (QED) is 0.560. The Balaban J connectivity index is 1.49. The van der Waals surface area contributed by atoms with Crippen LogP contribution < -0.4 is 16.0 Å². The molecule has 5 aliphatic heterocycles. The van der Waals surface area contributed by atoms with Crippen LogP contribution in [0.25, 0.3) is 0 Å². The summed E-state index contributed by atoms with van der Waals surface area (Å²) in [5.41, 5.74) is 0. The van der Waals surface area contributed by atoms with Crippen LogP contribution in [0.15, 0.2) is 0 Å². The van der Waals surface area contributed by atoms with Crippen molar-refractivity contribution in [1.29, 1.82) is 0 Å². The molecule has 6 unspecified atom stereocenters. The highest BCUT2D eigenvalue weighted by Gasteiger charge is 2.52. The molecule has 5 fully saturated rings. The molecule has 8 nitrogen and oxygen atoms in total. The molecule has 0 spiro atoms. The maximum atomic E-state index is 12.9. The zero-order valence-electron chi connectivity index (χ0n) is 16.9. The number of nitrogens with zero attached hydrogens (tertiary/aromatic N) is 2. The van der Waals surface area contributed by atoms with Gasteiger partial charge in [-0.3, -0.25) is 20.3 Å². The predicted molar refractivity (Wildman–Crippen MR) is 103 cm³/mol. The number of Topliss-reactive ketones (excluding diaryl/α,β-unsaturated/α-hetero) is 1. The summed E-state index contributed by atoms with van der Waals surface area (Å²) in [4.78, 5) is 30.0. The molecule has 28 heavy (non-hydrogen) atoms. The molecule has 0 aliphatic carbocycles. The fraction of sp³-hybridized carbons (Fsp3) is 0.900. The number of carbonyl (C=O) groups excluding carboxylic acids is 2. The van der Waals surface area contributed by atoms with Crippen molar-refractivity contribution in [2.45, 2.75) is 95.2 Å². The SMILES string of the molecule is C[C@@H]1CC[C@H](C)N2CCC(=O)C3CCC(NC32)N2C(=O)NC3NCCC(O1)C32. The number of piperidine rings is 3. The van der Waals surface area contributed by atoms with Gasteiger partial charge in [0.1, 0.15) is 11.9 Å². The van der Waals surface area contributed by atoms with E-state index in [2.05, 4.69) is 34.7 Å². The van der Waals surface area contributed by atoms with Crippen LogP contribution in [0.4, 0.5) is 4.79 Å². The number of nitrogens with one attached hydrogen (secondary N) is 3. The minimum Gasteiger partial charge on any atom is -0.373 e. The van der Waals surface area contributed by atoms with Gasteiger partial charge in [-0.2, -0.15) is 0 Å². The van der Waals surface area contributed by atoms with Crippen LogP contribution >= 0.6 is 0 Å². The minimum absolute atomic E-state index is 0.0117. The molecule has 0 radical (unpaired) electrons. The van der Waals surface area contributed by atoms with Crippen LogP contribution in [-0.4, -0.2) is 77.5 Å². The van der Waals surface area contributed by atoms with E-state index in [0.29, 0.717) is 18.2 Å². The molecule has 8 atom stereocenters. The van der Waals surface area contributed by atoms with E-state index in [1.54, 1.807) is 0 Å². The number of hydrogen-bond donors (Lipinski definition) is 3. The lowest BCUT2D eigenvalue weighted by molar-refractivity contribution is -0.137. The number of rotatable bonds is 0. The first-order valence-electron chi connectivity index (χ1n) is 11.0. The highest BCUT2D eigenvalue weighted by Crippen LogP contribution is 2.35. The van der Waals surface area contributed by atoms with Gasteiger partial charge in [0.05, 0.1) is 30.6 Å². The van der Waals surface area contributed by atoms with Crippen LogP contribution in [0.2, 0.25) is 0 Å². The van der Waals surface area contributed by atoms with Crippen LogP contribution in [-0.2, 0) is 9.53 Å². The minimum atomic E-state index is -0.0658. The molecular weight excluding hydrogens is 358 g/mol. The average Bonchev–Trinajstić information content (AvgIpc) is 3.02. The van der Waals surface area contributed by atoms with Crippen LogP contribution in [0.5, 0.6) is 0 Å². The largest absolute Gasteiger partial charge is 0.373 e. The second-order valence-corrected chi connectivity index (χ2v) is 9.24. The monoisotopic (exact) mass is 391 g/mol. The number of carbonyl (C=O) groups is 2. The van der Waals surface area contributed by atoms with E-state index in [-0.39, 0.29) is 48.7 Å². The highest BCUT2D eigenvalue weighted by atomic mass is 16.5. The summed E-state index contributed by atoms with van der Waals surface area (Å²) < 4.78 is 6.49. The second kappa shape index (κ2) is 7.23. The van der Waals surface area contributed by atoms with Crippen molar-refractivity contribution >= 4 is 11.8 Å². The fourth-order valence-corrected chi connectivity index (χ4v) is 6.05. The molecule has 8 heteroatoms. The predicted octanol–water partition coefficient (Wildman–Crippen LogP) is 0.582. The highest BCUT2D eigenvalue weighted by molar-refractivity contribution is 5.83. The molecule has 0 aromatic rings. The Bertz CT molecular complexity index is 645. The Morgan fingerprint density at radius 2 is 1.93 bits per heavy atom. The van der Waals surface area contributed by atoms with Crippen molar-refractivity contribution in [2.24, 2.45) is 5.92 Å². The van der Waals surface area contributed by atoms with E-state index >= 15 is 0 Å². The third-order valence-electron chi connectivity index (χ3n) is 7.53. The lowest BCUT2D eigenvalue weighted by Crippen LogP contribution is -2.69. The zero-order valence-corrected chi connectivity index (χ0v) is 16.9. The molecule has 156 valence electrons. The number of urea groups is 1. The van der Waals surface area contributed by atoms with Gasteiger partial charge >= 0.3 is 6.03 Å². The van der Waals surface area contributed by atoms with Crippen molar-refractivity contribution in [3.05, 3.63) is 0 Å². The normalized spacial score (nSPS) is 47.0. The first kappa shape index (κ1) is 18.8. The van der Waals surface area contributed by atoms with Gasteiger partial charge in [0.2, 0.25) is 0 Å². The van der Waals surface area contributed by atoms with E-state index in [1.807, 2.05) is 4.90 Å². The maximum Gasteiger partial charge on any atom is 0.320 e. The Labute approximate surface area is 166 Å². The molecule has 2 bridgehead atoms. The van der Waals surface area contributed by atoms with E-state index in [4.69, 9.17) is 4.74 Å². The number of fused-ring (bicyclic) bond motifs is 2. The summed E-state index contributed by atoms with van der Waals surface area (Å²) in [5, 5.41) is 10.3. The zero-order chi connectivity index (χ0) is 19.4. The van der Waals surface area contributed by atoms with Crippen molar-refractivity contribution in [3.63, 3.8) is 0 Å². The summed E-state index contributed by atoms with van der Waals surface area (Å²) in [6, 6.07) is 0.351. The second-order valence-electron chi connectivity index (χ2n) is 9.24. The summed E-state index contributed by atoms with van der Waals surface area (Å²) in [7, 11) is 0. The van der Waals surface area contributed by atoms with Crippen molar-refractivity contribution in [2.75, 3.05) is 13.1 Å². The topological polar surface area (TPSA) is 85.9 Å². The smallest absolute Gasteiger partial charge is 0.320 e. The molecular formula is C20H33N5O3. The maximum absolute atomic E-state index is 12.9. The van der Waals surface area contributed by atoms with Gasteiger partial charge in [-0.05, 0) is 52.5 Å². The standard InChI is InChI=1S/C20H33N5O3/c1-11-3-4-12(2)28-15-7-9-21-18-17(15)25(20(27)23-18)16-6-5-13-14(26)8-10-24(11)19(13)22-16/h11-13,15-19,21-22H,3-10H2,1-2H3,(H,23,27)/t11-,12+,13?,15?,16?,17?,18?,19?/m0/s1. The van der Waals surface area contributed by atoms with Gasteiger partial charge in [0.15, 0.2) is 0 Å². The van der Waals surface area contributed by atoms with Gasteiger partial charge in [-0.15, -0.1) is 0 Å². The third-order valence-corrected chi connectivity index (χ3v) is 7.53. The molecule has 0 aromatic carbocycles. The molecule has 5 heterocycles. The Hall–Kier alpha value is -1.22. The molecule has 5 saturated heterocycles. The lowest BCUT2D eigenvalue weighted by atomic mass is 9.83. The van der Waals surface area contributed by atoms with E-state index in [1.165, 1.54) is 0 Å². The molecule has 2 amide bonds. The van der Waals surface area contributed by atoms with Gasteiger partial charge in [0.25, 0.3) is 0 Å². The van der Waals surface area contributed by atoms with E-state index < -0.39 is 0 Å². The summed E-state index contributed by atoms with van der Waals surface area (Å²) >= 11 is 0. The first-order chi connectivity index (χ1) is 13.5. The Morgan fingerprint density at radius 1 is 1.07 bits per heavy atom. The number of amides is 2. The van der Waals surface area contributed by atoms with Gasteiger partial charge in [-0.25, -0.2) is 4.79 Å². The third kappa shape index (κ3) is 3.05. The molecule has 3 N–H and O–H groups in total. The van der Waals surface area contributed by atoms with Gasteiger partial charge in [0, 0.05) is 24.9 Å². The number of ether oxygens (including phenoxy) is 1. The van der Waals surface area contributed by atoms with Crippen LogP contribution in [0.3, 0.4) is 0 Å².